The molecule has 4 rings (SSSR count). The second-order valence-electron chi connectivity index (χ2n) is 6.94. The summed E-state index contributed by atoms with van der Waals surface area (Å²) < 4.78 is 20.2. The van der Waals surface area contributed by atoms with E-state index >= 15 is 0 Å². The van der Waals surface area contributed by atoms with Crippen molar-refractivity contribution in [2.45, 2.75) is 44.1 Å². The number of nitrogens with one attached hydrogen (secondary N) is 1. The van der Waals surface area contributed by atoms with Crippen molar-refractivity contribution in [3.63, 3.8) is 0 Å². The SMILES string of the molecule is COC(=O)C[C@@H]1CCc2cc(N[C@@H]3CCc4c(I)ccc(F)c43)ncc21. The van der Waals surface area contributed by atoms with Gasteiger partial charge in [-0.05, 0) is 89.1 Å². The first kappa shape index (κ1) is 17.7. The molecule has 26 heavy (non-hydrogen) atoms. The summed E-state index contributed by atoms with van der Waals surface area (Å²) in [6.07, 6.45) is 5.89. The van der Waals surface area contributed by atoms with Crippen LogP contribution in [0.4, 0.5) is 10.2 Å². The number of carbonyl (C=O) groups is 1. The molecule has 2 atom stereocenters. The largest absolute Gasteiger partial charge is 0.469 e. The van der Waals surface area contributed by atoms with E-state index < -0.39 is 0 Å². The van der Waals surface area contributed by atoms with E-state index in [-0.39, 0.29) is 23.7 Å². The van der Waals surface area contributed by atoms with Gasteiger partial charge in [0.25, 0.3) is 0 Å². The Morgan fingerprint density at radius 2 is 2.23 bits per heavy atom. The van der Waals surface area contributed by atoms with Crippen molar-refractivity contribution in [3.8, 4) is 0 Å². The van der Waals surface area contributed by atoms with Crippen LogP contribution in [0, 0.1) is 9.39 Å². The van der Waals surface area contributed by atoms with E-state index in [1.165, 1.54) is 12.7 Å². The van der Waals surface area contributed by atoms with Crippen molar-refractivity contribution >= 4 is 34.4 Å². The van der Waals surface area contributed by atoms with Crippen molar-refractivity contribution < 1.29 is 13.9 Å². The number of methoxy groups -OCH3 is 1. The van der Waals surface area contributed by atoms with E-state index in [0.29, 0.717) is 6.42 Å². The smallest absolute Gasteiger partial charge is 0.306 e. The molecule has 0 bridgehead atoms. The highest BCUT2D eigenvalue weighted by molar-refractivity contribution is 14.1. The van der Waals surface area contributed by atoms with Crippen LogP contribution in [-0.4, -0.2) is 18.1 Å². The fourth-order valence-corrected chi connectivity index (χ4v) is 4.89. The first-order chi connectivity index (χ1) is 12.6. The molecule has 0 unspecified atom stereocenters. The lowest BCUT2D eigenvalue weighted by Crippen LogP contribution is -2.11. The molecule has 2 aliphatic carbocycles. The van der Waals surface area contributed by atoms with Gasteiger partial charge in [0.05, 0.1) is 19.6 Å². The van der Waals surface area contributed by atoms with E-state index in [1.807, 2.05) is 12.3 Å². The summed E-state index contributed by atoms with van der Waals surface area (Å²) in [7, 11) is 1.42. The molecule has 2 aromatic rings. The predicted octanol–water partition coefficient (Wildman–Crippen LogP) is 4.52. The Labute approximate surface area is 165 Å². The lowest BCUT2D eigenvalue weighted by molar-refractivity contribution is -0.141. The Kier molecular flexibility index (Phi) is 4.86. The van der Waals surface area contributed by atoms with E-state index in [1.54, 1.807) is 6.07 Å². The first-order valence-electron chi connectivity index (χ1n) is 8.85. The summed E-state index contributed by atoms with van der Waals surface area (Å²) >= 11 is 2.27. The standard InChI is InChI=1S/C20H20FIN2O2/c1-26-19(25)9-12-3-2-11-8-18(23-10-14(11)12)24-17-7-4-13-16(22)6-5-15(21)20(13)17/h5-6,8,10,12,17H,2-4,7,9H2,1H3,(H,23,24)/t12-,17+/m0/s1. The average Bonchev–Trinajstić information content (AvgIpc) is 3.23. The number of ether oxygens (including phenoxy) is 1. The fourth-order valence-electron chi connectivity index (χ4n) is 4.15. The van der Waals surface area contributed by atoms with E-state index in [4.69, 9.17) is 4.74 Å². The Morgan fingerprint density at radius 1 is 1.38 bits per heavy atom. The van der Waals surface area contributed by atoms with Crippen molar-refractivity contribution in [1.29, 1.82) is 0 Å². The molecule has 136 valence electrons. The Hall–Kier alpha value is -1.70. The third kappa shape index (κ3) is 3.19. The number of hydrogen-bond donors (Lipinski definition) is 1. The molecule has 0 amide bonds. The third-order valence-electron chi connectivity index (χ3n) is 5.47. The van der Waals surface area contributed by atoms with E-state index in [2.05, 4.69) is 39.0 Å². The van der Waals surface area contributed by atoms with Gasteiger partial charge >= 0.3 is 5.97 Å². The predicted molar refractivity (Wildman–Crippen MR) is 106 cm³/mol. The topological polar surface area (TPSA) is 51.2 Å². The van der Waals surface area contributed by atoms with Crippen molar-refractivity contribution in [2.75, 3.05) is 12.4 Å². The summed E-state index contributed by atoms with van der Waals surface area (Å²) in [4.78, 5) is 16.1. The quantitative estimate of drug-likeness (QED) is 0.532. The van der Waals surface area contributed by atoms with Crippen LogP contribution in [-0.2, 0) is 22.4 Å². The number of carbonyl (C=O) groups excluding carboxylic acids is 1. The molecule has 0 spiro atoms. The Morgan fingerprint density at radius 3 is 3.04 bits per heavy atom. The zero-order valence-corrected chi connectivity index (χ0v) is 16.7. The number of nitrogens with zero attached hydrogens (tertiary/aromatic N) is 1. The van der Waals surface area contributed by atoms with Gasteiger partial charge in [0, 0.05) is 15.3 Å². The molecule has 0 saturated carbocycles. The third-order valence-corrected chi connectivity index (χ3v) is 6.48. The van der Waals surface area contributed by atoms with Crippen molar-refractivity contribution in [3.05, 3.63) is 56.0 Å². The van der Waals surface area contributed by atoms with Crippen LogP contribution in [0.2, 0.25) is 0 Å². The minimum absolute atomic E-state index is 0.0439. The van der Waals surface area contributed by atoms with E-state index in [0.717, 1.165) is 51.8 Å². The van der Waals surface area contributed by atoms with Gasteiger partial charge in [-0.2, -0.15) is 0 Å². The molecule has 6 heteroatoms. The molecule has 1 N–H and O–H groups in total. The van der Waals surface area contributed by atoms with Crippen LogP contribution in [0.15, 0.2) is 24.4 Å². The summed E-state index contributed by atoms with van der Waals surface area (Å²) in [6.45, 7) is 0. The maximum atomic E-state index is 14.3. The number of rotatable bonds is 4. The highest BCUT2D eigenvalue weighted by Gasteiger charge is 2.29. The number of benzene rings is 1. The molecular weight excluding hydrogens is 446 g/mol. The number of fused-ring (bicyclic) bond motifs is 2. The Bertz CT molecular complexity index is 871. The molecule has 0 radical (unpaired) electrons. The monoisotopic (exact) mass is 466 g/mol. The van der Waals surface area contributed by atoms with Gasteiger partial charge in [-0.15, -0.1) is 0 Å². The average molecular weight is 466 g/mol. The zero-order chi connectivity index (χ0) is 18.3. The van der Waals surface area contributed by atoms with Gasteiger partial charge in [0.1, 0.15) is 11.6 Å². The first-order valence-corrected chi connectivity index (χ1v) is 9.93. The molecule has 4 nitrogen and oxygen atoms in total. The normalized spacial score (nSPS) is 20.6. The number of esters is 1. The molecule has 0 saturated heterocycles. The van der Waals surface area contributed by atoms with Crippen molar-refractivity contribution in [2.24, 2.45) is 0 Å². The summed E-state index contributed by atoms with van der Waals surface area (Å²) in [5.41, 5.74) is 4.25. The number of anilines is 1. The molecule has 1 aromatic heterocycles. The maximum absolute atomic E-state index is 14.3. The number of pyridine rings is 1. The Balaban J connectivity index is 1.54. The van der Waals surface area contributed by atoms with Gasteiger partial charge in [0.2, 0.25) is 0 Å². The lowest BCUT2D eigenvalue weighted by atomic mass is 9.99. The molecule has 0 fully saturated rings. The highest BCUT2D eigenvalue weighted by Crippen LogP contribution is 2.40. The van der Waals surface area contributed by atoms with Crippen LogP contribution < -0.4 is 5.32 Å². The number of hydrogen-bond acceptors (Lipinski definition) is 4. The highest BCUT2D eigenvalue weighted by atomic mass is 127. The minimum atomic E-state index is -0.183. The second kappa shape index (κ2) is 7.13. The van der Waals surface area contributed by atoms with Crippen LogP contribution in [0.3, 0.4) is 0 Å². The number of aryl methyl sites for hydroxylation is 1. The van der Waals surface area contributed by atoms with Gasteiger partial charge in [-0.3, -0.25) is 4.79 Å². The number of aromatic nitrogens is 1. The van der Waals surface area contributed by atoms with Crippen LogP contribution in [0.1, 0.15) is 53.5 Å². The lowest BCUT2D eigenvalue weighted by Gasteiger charge is -2.17. The molecule has 1 aromatic carbocycles. The second-order valence-corrected chi connectivity index (χ2v) is 8.10. The minimum Gasteiger partial charge on any atom is -0.469 e. The van der Waals surface area contributed by atoms with Crippen LogP contribution in [0.5, 0.6) is 0 Å². The zero-order valence-electron chi connectivity index (χ0n) is 14.5. The molecule has 0 aliphatic heterocycles. The molecule has 2 aliphatic rings. The van der Waals surface area contributed by atoms with Gasteiger partial charge in [-0.1, -0.05) is 0 Å². The van der Waals surface area contributed by atoms with Crippen LogP contribution in [0.25, 0.3) is 0 Å². The van der Waals surface area contributed by atoms with Gasteiger partial charge < -0.3 is 10.1 Å². The summed E-state index contributed by atoms with van der Waals surface area (Å²) in [6, 6.07) is 5.40. The summed E-state index contributed by atoms with van der Waals surface area (Å²) in [5.74, 6) is 0.635. The molecular formula is C20H20FIN2O2. The maximum Gasteiger partial charge on any atom is 0.306 e. The van der Waals surface area contributed by atoms with Crippen LogP contribution >= 0.6 is 22.6 Å². The number of halogens is 2. The fraction of sp³-hybridized carbons (Fsp3) is 0.400. The molecule has 1 heterocycles. The van der Waals surface area contributed by atoms with E-state index in [9.17, 15) is 9.18 Å². The van der Waals surface area contributed by atoms with Gasteiger partial charge in [0.15, 0.2) is 0 Å². The summed E-state index contributed by atoms with van der Waals surface area (Å²) in [5, 5.41) is 3.42. The van der Waals surface area contributed by atoms with Gasteiger partial charge in [-0.25, -0.2) is 9.37 Å². The van der Waals surface area contributed by atoms with Crippen molar-refractivity contribution in [1.82, 2.24) is 4.98 Å².